The van der Waals surface area contributed by atoms with Crippen molar-refractivity contribution in [3.63, 3.8) is 0 Å². The fraction of sp³-hybridized carbons (Fsp3) is 0.571. The number of aromatic nitrogens is 2. The molecule has 0 saturated heterocycles. The number of alkyl halides is 1. The number of rotatable bonds is 0. The second-order valence-electron chi connectivity index (χ2n) is 1.85. The molecule has 0 radical (unpaired) electrons. The summed E-state index contributed by atoms with van der Waals surface area (Å²) in [5, 5.41) is 1.06. The molecule has 0 aromatic carbocycles. The first-order chi connectivity index (χ1) is 4.72. The molecule has 1 aromatic heterocycles. The number of hydrogen-bond acceptors (Lipinski definition) is 1. The molecular formula is C7H13BrN2. The zero-order valence-electron chi connectivity index (χ0n) is 6.63. The summed E-state index contributed by atoms with van der Waals surface area (Å²) in [7, 11) is 1.97. The Kier molecular flexibility index (Phi) is 5.30. The third-order valence-electron chi connectivity index (χ3n) is 1.06. The van der Waals surface area contributed by atoms with E-state index >= 15 is 0 Å². The number of aryl methyl sites for hydroxylation is 2. The van der Waals surface area contributed by atoms with Crippen LogP contribution in [-0.4, -0.2) is 14.9 Å². The van der Waals surface area contributed by atoms with Crippen molar-refractivity contribution < 1.29 is 0 Å². The van der Waals surface area contributed by atoms with E-state index in [1.807, 2.05) is 31.7 Å². The maximum absolute atomic E-state index is 3.98. The molecule has 10 heavy (non-hydrogen) atoms. The number of nitrogens with zero attached hydrogens (tertiary/aromatic N) is 2. The quantitative estimate of drug-likeness (QED) is 0.593. The van der Waals surface area contributed by atoms with Gasteiger partial charge in [-0.05, 0) is 6.92 Å². The van der Waals surface area contributed by atoms with E-state index in [1.165, 1.54) is 0 Å². The van der Waals surface area contributed by atoms with Gasteiger partial charge in [0, 0.05) is 24.8 Å². The Bertz CT molecular complexity index is 155. The average molecular weight is 205 g/mol. The molecule has 58 valence electrons. The van der Waals surface area contributed by atoms with Gasteiger partial charge >= 0.3 is 0 Å². The fourth-order valence-electron chi connectivity index (χ4n) is 0.440. The molecule has 0 spiro atoms. The van der Waals surface area contributed by atoms with Gasteiger partial charge in [-0.15, -0.1) is 0 Å². The predicted octanol–water partition coefficient (Wildman–Crippen LogP) is 2.13. The van der Waals surface area contributed by atoms with Gasteiger partial charge in [-0.2, -0.15) is 0 Å². The largest absolute Gasteiger partial charge is 0.338 e. The smallest absolute Gasteiger partial charge is 0.105 e. The van der Waals surface area contributed by atoms with Gasteiger partial charge in [-0.1, -0.05) is 22.9 Å². The van der Waals surface area contributed by atoms with Crippen molar-refractivity contribution in [2.75, 3.05) is 5.33 Å². The van der Waals surface area contributed by atoms with Crippen LogP contribution in [0.15, 0.2) is 12.4 Å². The molecule has 0 aliphatic rings. The summed E-state index contributed by atoms with van der Waals surface area (Å²) in [5.41, 5.74) is 0. The molecule has 0 aliphatic carbocycles. The van der Waals surface area contributed by atoms with E-state index in [0.717, 1.165) is 11.2 Å². The fourth-order valence-corrected chi connectivity index (χ4v) is 0.440. The maximum Gasteiger partial charge on any atom is 0.105 e. The van der Waals surface area contributed by atoms with Gasteiger partial charge in [-0.25, -0.2) is 4.98 Å². The van der Waals surface area contributed by atoms with Gasteiger partial charge in [-0.3, -0.25) is 0 Å². The van der Waals surface area contributed by atoms with E-state index in [2.05, 4.69) is 20.9 Å². The lowest BCUT2D eigenvalue weighted by Crippen LogP contribution is -1.86. The Balaban J connectivity index is 0.000000236. The van der Waals surface area contributed by atoms with Crippen molar-refractivity contribution in [3.8, 4) is 0 Å². The lowest BCUT2D eigenvalue weighted by molar-refractivity contribution is 0.858. The normalized spacial score (nSPS) is 8.40. The zero-order chi connectivity index (χ0) is 7.98. The molecule has 1 rings (SSSR count). The molecule has 0 amide bonds. The number of imidazole rings is 1. The molecule has 2 nitrogen and oxygen atoms in total. The molecule has 0 atom stereocenters. The monoisotopic (exact) mass is 204 g/mol. The van der Waals surface area contributed by atoms with Crippen molar-refractivity contribution in [2.45, 2.75) is 13.8 Å². The summed E-state index contributed by atoms with van der Waals surface area (Å²) < 4.78 is 1.97. The molecule has 1 aromatic rings. The summed E-state index contributed by atoms with van der Waals surface area (Å²) in [6.07, 6.45) is 3.71. The number of hydrogen-bond donors (Lipinski definition) is 0. The van der Waals surface area contributed by atoms with Crippen LogP contribution in [0.2, 0.25) is 0 Å². The van der Waals surface area contributed by atoms with Crippen LogP contribution in [0.1, 0.15) is 12.7 Å². The van der Waals surface area contributed by atoms with Crippen molar-refractivity contribution in [2.24, 2.45) is 7.05 Å². The van der Waals surface area contributed by atoms with Gasteiger partial charge in [0.15, 0.2) is 0 Å². The third-order valence-corrected chi connectivity index (χ3v) is 1.06. The van der Waals surface area contributed by atoms with Crippen molar-refractivity contribution >= 4 is 15.9 Å². The number of halogens is 1. The minimum Gasteiger partial charge on any atom is -0.338 e. The summed E-state index contributed by atoms with van der Waals surface area (Å²) in [4.78, 5) is 3.98. The Hall–Kier alpha value is -0.310. The second-order valence-corrected chi connectivity index (χ2v) is 2.97. The van der Waals surface area contributed by atoms with E-state index in [-0.39, 0.29) is 0 Å². The third kappa shape index (κ3) is 3.67. The van der Waals surface area contributed by atoms with Crippen molar-refractivity contribution in [3.05, 3.63) is 18.2 Å². The Morgan fingerprint density at radius 1 is 1.70 bits per heavy atom. The molecular weight excluding hydrogens is 192 g/mol. The van der Waals surface area contributed by atoms with Gasteiger partial charge in [0.05, 0.1) is 0 Å². The molecule has 0 N–H and O–H groups in total. The van der Waals surface area contributed by atoms with Crippen LogP contribution in [0.25, 0.3) is 0 Å². The summed E-state index contributed by atoms with van der Waals surface area (Å²) in [5.74, 6) is 1.06. The first-order valence-corrected chi connectivity index (χ1v) is 4.34. The van der Waals surface area contributed by atoms with Crippen molar-refractivity contribution in [1.29, 1.82) is 0 Å². The highest BCUT2D eigenvalue weighted by atomic mass is 79.9. The second kappa shape index (κ2) is 5.47. The van der Waals surface area contributed by atoms with Crippen LogP contribution in [0.4, 0.5) is 0 Å². The molecule has 0 aliphatic heterocycles. The Morgan fingerprint density at radius 2 is 2.20 bits per heavy atom. The Morgan fingerprint density at radius 3 is 2.30 bits per heavy atom. The van der Waals surface area contributed by atoms with Gasteiger partial charge in [0.1, 0.15) is 5.82 Å². The van der Waals surface area contributed by atoms with E-state index in [4.69, 9.17) is 0 Å². The van der Waals surface area contributed by atoms with E-state index < -0.39 is 0 Å². The molecule has 3 heteroatoms. The first kappa shape index (κ1) is 9.69. The predicted molar refractivity (Wildman–Crippen MR) is 47.4 cm³/mol. The molecule has 1 heterocycles. The Labute approximate surface area is 70.4 Å². The van der Waals surface area contributed by atoms with Crippen LogP contribution < -0.4 is 0 Å². The van der Waals surface area contributed by atoms with Crippen LogP contribution >= 0.6 is 15.9 Å². The summed E-state index contributed by atoms with van der Waals surface area (Å²) in [6.45, 7) is 4.01. The van der Waals surface area contributed by atoms with E-state index in [0.29, 0.717) is 0 Å². The SMILES string of the molecule is CCBr.Cc1nccn1C. The zero-order valence-corrected chi connectivity index (χ0v) is 8.22. The standard InChI is InChI=1S/C5H8N2.C2H5Br/c1-5-6-3-4-7(5)2;1-2-3/h3-4H,1-2H3;2H2,1H3. The lowest BCUT2D eigenvalue weighted by Gasteiger charge is -1.87. The minimum absolute atomic E-state index is 1.06. The van der Waals surface area contributed by atoms with Crippen molar-refractivity contribution in [1.82, 2.24) is 9.55 Å². The molecule has 0 fully saturated rings. The van der Waals surface area contributed by atoms with Gasteiger partial charge in [0.2, 0.25) is 0 Å². The molecule has 0 bridgehead atoms. The van der Waals surface area contributed by atoms with Crippen LogP contribution in [0.5, 0.6) is 0 Å². The van der Waals surface area contributed by atoms with Crippen LogP contribution in [0, 0.1) is 6.92 Å². The highest BCUT2D eigenvalue weighted by Gasteiger charge is 1.83. The molecule has 0 saturated carbocycles. The van der Waals surface area contributed by atoms with E-state index in [9.17, 15) is 0 Å². The topological polar surface area (TPSA) is 17.8 Å². The lowest BCUT2D eigenvalue weighted by atomic mass is 10.7. The summed E-state index contributed by atoms with van der Waals surface area (Å²) in [6, 6.07) is 0. The van der Waals surface area contributed by atoms with Gasteiger partial charge < -0.3 is 4.57 Å². The minimum atomic E-state index is 1.06. The molecule has 0 unspecified atom stereocenters. The first-order valence-electron chi connectivity index (χ1n) is 3.22. The summed E-state index contributed by atoms with van der Waals surface area (Å²) >= 11 is 3.15. The van der Waals surface area contributed by atoms with Gasteiger partial charge in [0.25, 0.3) is 0 Å². The average Bonchev–Trinajstić information content (AvgIpc) is 2.19. The van der Waals surface area contributed by atoms with E-state index in [1.54, 1.807) is 6.20 Å². The maximum atomic E-state index is 3.98. The van der Waals surface area contributed by atoms with Crippen LogP contribution in [-0.2, 0) is 7.05 Å². The highest BCUT2D eigenvalue weighted by molar-refractivity contribution is 9.09. The van der Waals surface area contributed by atoms with Crippen LogP contribution in [0.3, 0.4) is 0 Å². The highest BCUT2D eigenvalue weighted by Crippen LogP contribution is 1.86.